The van der Waals surface area contributed by atoms with E-state index in [1.807, 2.05) is 0 Å². The number of ether oxygens (including phenoxy) is 1. The van der Waals surface area contributed by atoms with E-state index >= 15 is 0 Å². The van der Waals surface area contributed by atoms with Crippen LogP contribution in [0.2, 0.25) is 0 Å². The highest BCUT2D eigenvalue weighted by atomic mass is 16.5. The second kappa shape index (κ2) is 4.77. The number of nitrogens with one attached hydrogen (secondary N) is 2. The summed E-state index contributed by atoms with van der Waals surface area (Å²) in [5.41, 5.74) is 0.166. The van der Waals surface area contributed by atoms with Crippen molar-refractivity contribution in [2.45, 2.75) is 89.6 Å². The van der Waals surface area contributed by atoms with E-state index in [0.29, 0.717) is 6.10 Å². The minimum atomic E-state index is -0.101. The molecular formula is C15H30N2O. The summed E-state index contributed by atoms with van der Waals surface area (Å²) in [6.07, 6.45) is 6.23. The molecule has 2 rings (SSSR count). The topological polar surface area (TPSA) is 33.3 Å². The molecule has 2 aliphatic heterocycles. The standard InChI is InChI=1S/C15H30N2O/c1-6-7-8-12-9-16-15(18-12)10-13(2,3)17-14(4,5)11-15/h12,16-17H,6-11H2,1-5H3. The summed E-state index contributed by atoms with van der Waals surface area (Å²) in [4.78, 5) is 0. The molecular weight excluding hydrogens is 224 g/mol. The van der Waals surface area contributed by atoms with E-state index in [0.717, 1.165) is 19.4 Å². The van der Waals surface area contributed by atoms with Gasteiger partial charge < -0.3 is 10.1 Å². The minimum Gasteiger partial charge on any atom is -0.356 e. The third kappa shape index (κ3) is 3.25. The van der Waals surface area contributed by atoms with Crippen molar-refractivity contribution in [3.63, 3.8) is 0 Å². The molecule has 0 aromatic rings. The zero-order valence-electron chi connectivity index (χ0n) is 12.7. The third-order valence-corrected chi connectivity index (χ3v) is 4.06. The normalized spacial score (nSPS) is 32.8. The molecule has 2 fully saturated rings. The molecule has 0 saturated carbocycles. The zero-order valence-corrected chi connectivity index (χ0v) is 12.7. The van der Waals surface area contributed by atoms with Crippen LogP contribution < -0.4 is 10.6 Å². The monoisotopic (exact) mass is 254 g/mol. The van der Waals surface area contributed by atoms with Crippen LogP contribution in [0.25, 0.3) is 0 Å². The summed E-state index contributed by atoms with van der Waals surface area (Å²) in [5, 5.41) is 7.40. The molecule has 3 nitrogen and oxygen atoms in total. The smallest absolute Gasteiger partial charge is 0.123 e. The lowest BCUT2D eigenvalue weighted by Crippen LogP contribution is -2.66. The largest absolute Gasteiger partial charge is 0.356 e. The molecule has 1 unspecified atom stereocenters. The van der Waals surface area contributed by atoms with Gasteiger partial charge in [0.1, 0.15) is 5.72 Å². The van der Waals surface area contributed by atoms with E-state index in [9.17, 15) is 0 Å². The van der Waals surface area contributed by atoms with Crippen LogP contribution in [-0.2, 0) is 4.74 Å². The van der Waals surface area contributed by atoms with Gasteiger partial charge in [0.15, 0.2) is 0 Å². The van der Waals surface area contributed by atoms with Crippen LogP contribution in [-0.4, -0.2) is 29.5 Å². The Morgan fingerprint density at radius 1 is 1.11 bits per heavy atom. The molecule has 0 aromatic carbocycles. The Kier molecular flexibility index (Phi) is 3.79. The van der Waals surface area contributed by atoms with Crippen LogP contribution in [0.1, 0.15) is 66.7 Å². The summed E-state index contributed by atoms with van der Waals surface area (Å²) >= 11 is 0. The summed E-state index contributed by atoms with van der Waals surface area (Å²) < 4.78 is 6.41. The van der Waals surface area contributed by atoms with Crippen molar-refractivity contribution in [3.05, 3.63) is 0 Å². The molecule has 2 heterocycles. The highest BCUT2D eigenvalue weighted by Gasteiger charge is 2.51. The molecule has 2 aliphatic rings. The Morgan fingerprint density at radius 2 is 1.72 bits per heavy atom. The SMILES string of the molecule is CCCCC1CNC2(CC(C)(C)NC(C)(C)C2)O1. The van der Waals surface area contributed by atoms with E-state index in [1.54, 1.807) is 0 Å². The van der Waals surface area contributed by atoms with Gasteiger partial charge in [-0.3, -0.25) is 5.32 Å². The van der Waals surface area contributed by atoms with Crippen LogP contribution in [0.15, 0.2) is 0 Å². The maximum atomic E-state index is 6.41. The van der Waals surface area contributed by atoms with Crippen molar-refractivity contribution in [1.29, 1.82) is 0 Å². The van der Waals surface area contributed by atoms with Gasteiger partial charge in [-0.1, -0.05) is 19.8 Å². The van der Waals surface area contributed by atoms with Crippen LogP contribution in [0, 0.1) is 0 Å². The number of unbranched alkanes of at least 4 members (excludes halogenated alkanes) is 1. The Morgan fingerprint density at radius 3 is 2.28 bits per heavy atom. The average Bonchev–Trinajstić information content (AvgIpc) is 2.52. The zero-order chi connectivity index (χ0) is 13.4. The fraction of sp³-hybridized carbons (Fsp3) is 1.00. The number of rotatable bonds is 3. The number of piperidine rings is 1. The predicted octanol–water partition coefficient (Wildman–Crippen LogP) is 2.80. The van der Waals surface area contributed by atoms with Crippen molar-refractivity contribution in [2.75, 3.05) is 6.54 Å². The fourth-order valence-electron chi connectivity index (χ4n) is 4.00. The molecule has 106 valence electrons. The molecule has 2 saturated heterocycles. The molecule has 18 heavy (non-hydrogen) atoms. The van der Waals surface area contributed by atoms with Gasteiger partial charge in [0.25, 0.3) is 0 Å². The van der Waals surface area contributed by atoms with E-state index < -0.39 is 0 Å². The van der Waals surface area contributed by atoms with Crippen molar-refractivity contribution < 1.29 is 4.74 Å². The van der Waals surface area contributed by atoms with E-state index in [4.69, 9.17) is 4.74 Å². The molecule has 1 spiro atoms. The van der Waals surface area contributed by atoms with Gasteiger partial charge in [0.05, 0.1) is 6.10 Å². The summed E-state index contributed by atoms with van der Waals surface area (Å²) in [6, 6.07) is 0. The van der Waals surface area contributed by atoms with Gasteiger partial charge in [-0.05, 0) is 34.1 Å². The molecule has 0 amide bonds. The second-order valence-electron chi connectivity index (χ2n) is 7.50. The van der Waals surface area contributed by atoms with Gasteiger partial charge in [0.2, 0.25) is 0 Å². The highest BCUT2D eigenvalue weighted by molar-refractivity contribution is 5.06. The molecule has 0 aliphatic carbocycles. The highest BCUT2D eigenvalue weighted by Crippen LogP contribution is 2.40. The maximum Gasteiger partial charge on any atom is 0.123 e. The first kappa shape index (κ1) is 14.3. The van der Waals surface area contributed by atoms with Gasteiger partial charge in [-0.15, -0.1) is 0 Å². The molecule has 0 aromatic heterocycles. The minimum absolute atomic E-state index is 0.101. The first-order valence-corrected chi connectivity index (χ1v) is 7.48. The van der Waals surface area contributed by atoms with Crippen LogP contribution >= 0.6 is 0 Å². The predicted molar refractivity (Wildman–Crippen MR) is 75.7 cm³/mol. The van der Waals surface area contributed by atoms with E-state index in [-0.39, 0.29) is 16.8 Å². The van der Waals surface area contributed by atoms with Gasteiger partial charge >= 0.3 is 0 Å². The Bertz CT molecular complexity index is 283. The van der Waals surface area contributed by atoms with Crippen LogP contribution in [0.5, 0.6) is 0 Å². The molecule has 1 atom stereocenters. The van der Waals surface area contributed by atoms with E-state index in [1.165, 1.54) is 19.3 Å². The third-order valence-electron chi connectivity index (χ3n) is 4.06. The summed E-state index contributed by atoms with van der Waals surface area (Å²) in [7, 11) is 0. The lowest BCUT2D eigenvalue weighted by Gasteiger charge is -2.51. The summed E-state index contributed by atoms with van der Waals surface area (Å²) in [6.45, 7) is 12.4. The summed E-state index contributed by atoms with van der Waals surface area (Å²) in [5.74, 6) is 0. The second-order valence-corrected chi connectivity index (χ2v) is 7.50. The van der Waals surface area contributed by atoms with Crippen molar-refractivity contribution >= 4 is 0 Å². The Balaban J connectivity index is 2.03. The molecule has 2 N–H and O–H groups in total. The molecule has 0 bridgehead atoms. The van der Waals surface area contributed by atoms with Crippen LogP contribution in [0.3, 0.4) is 0 Å². The van der Waals surface area contributed by atoms with Gasteiger partial charge in [-0.2, -0.15) is 0 Å². The first-order chi connectivity index (χ1) is 8.26. The van der Waals surface area contributed by atoms with E-state index in [2.05, 4.69) is 45.3 Å². The lowest BCUT2D eigenvalue weighted by atomic mass is 9.77. The van der Waals surface area contributed by atoms with Gasteiger partial charge in [-0.25, -0.2) is 0 Å². The van der Waals surface area contributed by atoms with Gasteiger partial charge in [0, 0.05) is 30.5 Å². The number of hydrogen-bond acceptors (Lipinski definition) is 3. The maximum absolute atomic E-state index is 6.41. The first-order valence-electron chi connectivity index (χ1n) is 7.48. The lowest BCUT2D eigenvalue weighted by molar-refractivity contribution is -0.112. The molecule has 3 heteroatoms. The van der Waals surface area contributed by atoms with Crippen LogP contribution in [0.4, 0.5) is 0 Å². The van der Waals surface area contributed by atoms with Crippen molar-refractivity contribution in [2.24, 2.45) is 0 Å². The Labute approximate surface area is 112 Å². The fourth-order valence-corrected chi connectivity index (χ4v) is 4.00. The Hall–Kier alpha value is -0.120. The average molecular weight is 254 g/mol. The quantitative estimate of drug-likeness (QED) is 0.812. The molecule has 0 radical (unpaired) electrons. The van der Waals surface area contributed by atoms with Crippen molar-refractivity contribution in [1.82, 2.24) is 10.6 Å². The van der Waals surface area contributed by atoms with Crippen molar-refractivity contribution in [3.8, 4) is 0 Å². The number of hydrogen-bond donors (Lipinski definition) is 2.